The van der Waals surface area contributed by atoms with E-state index in [1.54, 1.807) is 24.4 Å². The molecule has 0 aliphatic heterocycles. The first-order chi connectivity index (χ1) is 14.5. The first-order valence-corrected chi connectivity index (χ1v) is 9.83. The maximum absolute atomic E-state index is 14.4. The molecule has 0 unspecified atom stereocenters. The van der Waals surface area contributed by atoms with Gasteiger partial charge in [-0.05, 0) is 48.9 Å². The number of nitrogens with two attached hydrogens (primary N) is 1. The fraction of sp³-hybridized carbons (Fsp3) is 0.0870. The van der Waals surface area contributed by atoms with Gasteiger partial charge in [0.1, 0.15) is 11.4 Å². The fourth-order valence-electron chi connectivity index (χ4n) is 3.14. The topological polar surface area (TPSA) is 65.1 Å². The number of halogens is 2. The second kappa shape index (κ2) is 8.47. The number of aromatic nitrogens is 2. The van der Waals surface area contributed by atoms with Gasteiger partial charge in [-0.15, -0.1) is 5.10 Å². The van der Waals surface area contributed by atoms with Gasteiger partial charge in [0.2, 0.25) is 0 Å². The molecule has 30 heavy (non-hydrogen) atoms. The molecule has 0 spiro atoms. The van der Waals surface area contributed by atoms with Crippen molar-refractivity contribution in [2.24, 2.45) is 0 Å². The summed E-state index contributed by atoms with van der Waals surface area (Å²) in [5.74, 6) is 0.576. The Hall–Kier alpha value is -3.51. The lowest BCUT2D eigenvalue weighted by atomic mass is 10.0. The third kappa shape index (κ3) is 4.09. The Bertz CT molecular complexity index is 1170. The molecular formula is C23H20ClFN4O. The first-order valence-electron chi connectivity index (χ1n) is 9.45. The highest BCUT2D eigenvalue weighted by atomic mass is 35.5. The molecular weight excluding hydrogens is 403 g/mol. The van der Waals surface area contributed by atoms with E-state index >= 15 is 0 Å². The summed E-state index contributed by atoms with van der Waals surface area (Å²) in [5.41, 5.74) is 9.37. The van der Waals surface area contributed by atoms with Crippen molar-refractivity contribution in [1.82, 2.24) is 9.78 Å². The molecule has 0 aliphatic carbocycles. The number of hydrogen-bond acceptors (Lipinski definition) is 4. The largest absolute Gasteiger partial charge is 0.492 e. The van der Waals surface area contributed by atoms with Gasteiger partial charge in [-0.25, -0.2) is 9.07 Å². The van der Waals surface area contributed by atoms with E-state index in [2.05, 4.69) is 10.4 Å². The van der Waals surface area contributed by atoms with Crippen LogP contribution in [-0.4, -0.2) is 16.4 Å². The van der Waals surface area contributed by atoms with E-state index in [4.69, 9.17) is 22.1 Å². The summed E-state index contributed by atoms with van der Waals surface area (Å²) < 4.78 is 21.4. The Balaban J connectivity index is 1.58. The third-order valence-corrected chi connectivity index (χ3v) is 4.84. The van der Waals surface area contributed by atoms with E-state index in [0.717, 1.165) is 16.8 Å². The van der Waals surface area contributed by atoms with Crippen LogP contribution >= 0.6 is 11.6 Å². The molecule has 0 radical (unpaired) electrons. The average molecular weight is 423 g/mol. The van der Waals surface area contributed by atoms with Gasteiger partial charge >= 0.3 is 0 Å². The van der Waals surface area contributed by atoms with Crippen molar-refractivity contribution in [2.45, 2.75) is 6.92 Å². The van der Waals surface area contributed by atoms with Crippen LogP contribution in [0, 0.1) is 5.82 Å². The van der Waals surface area contributed by atoms with Crippen molar-refractivity contribution in [2.75, 3.05) is 17.7 Å². The quantitative estimate of drug-likeness (QED) is 0.371. The van der Waals surface area contributed by atoms with E-state index in [1.807, 2.05) is 49.4 Å². The van der Waals surface area contributed by atoms with Crippen LogP contribution in [0.5, 0.6) is 5.75 Å². The smallest absolute Gasteiger partial charge is 0.152 e. The molecule has 0 saturated carbocycles. The summed E-state index contributed by atoms with van der Waals surface area (Å²) in [6.45, 7) is 2.28. The molecule has 0 bridgehead atoms. The first kappa shape index (κ1) is 19.8. The van der Waals surface area contributed by atoms with Crippen LogP contribution in [0.25, 0.3) is 16.8 Å². The normalized spacial score (nSPS) is 10.8. The third-order valence-electron chi connectivity index (χ3n) is 4.53. The number of ether oxygens (including phenoxy) is 1. The van der Waals surface area contributed by atoms with Gasteiger partial charge in [-0.3, -0.25) is 0 Å². The molecule has 0 fully saturated rings. The summed E-state index contributed by atoms with van der Waals surface area (Å²) in [7, 11) is 0. The Morgan fingerprint density at radius 1 is 1.10 bits per heavy atom. The molecule has 0 atom stereocenters. The van der Waals surface area contributed by atoms with Crippen LogP contribution in [-0.2, 0) is 0 Å². The number of hydrogen-bond donors (Lipinski definition) is 2. The number of nitrogens with zero attached hydrogens (tertiary/aromatic N) is 2. The zero-order chi connectivity index (χ0) is 21.1. The van der Waals surface area contributed by atoms with Gasteiger partial charge in [-0.2, -0.15) is 0 Å². The van der Waals surface area contributed by atoms with E-state index in [1.165, 1.54) is 10.7 Å². The summed E-state index contributed by atoms with van der Waals surface area (Å²) in [5, 5.41) is 8.22. The van der Waals surface area contributed by atoms with Gasteiger partial charge in [0.05, 0.1) is 11.6 Å². The number of para-hydroxylation sites is 1. The molecule has 7 heteroatoms. The summed E-state index contributed by atoms with van der Waals surface area (Å²) in [6, 6.07) is 19.6. The monoisotopic (exact) mass is 422 g/mol. The van der Waals surface area contributed by atoms with E-state index in [-0.39, 0.29) is 5.69 Å². The van der Waals surface area contributed by atoms with Crippen LogP contribution in [0.3, 0.4) is 0 Å². The number of nitrogens with one attached hydrogen (secondary N) is 1. The van der Waals surface area contributed by atoms with Crippen molar-refractivity contribution in [1.29, 1.82) is 0 Å². The molecule has 1 heterocycles. The molecule has 3 N–H and O–H groups in total. The highest BCUT2D eigenvalue weighted by Crippen LogP contribution is 2.32. The van der Waals surface area contributed by atoms with Gasteiger partial charge in [0, 0.05) is 29.2 Å². The minimum Gasteiger partial charge on any atom is -0.492 e. The van der Waals surface area contributed by atoms with Gasteiger partial charge in [0.15, 0.2) is 11.6 Å². The molecule has 0 aliphatic rings. The van der Waals surface area contributed by atoms with E-state index in [0.29, 0.717) is 28.9 Å². The van der Waals surface area contributed by atoms with Gasteiger partial charge in [0.25, 0.3) is 0 Å². The molecule has 5 nitrogen and oxygen atoms in total. The van der Waals surface area contributed by atoms with E-state index in [9.17, 15) is 4.39 Å². The zero-order valence-electron chi connectivity index (χ0n) is 16.3. The highest BCUT2D eigenvalue weighted by Gasteiger charge is 2.13. The summed E-state index contributed by atoms with van der Waals surface area (Å²) in [4.78, 5) is 0. The lowest BCUT2D eigenvalue weighted by molar-refractivity contribution is 0.336. The minimum atomic E-state index is -0.411. The fourth-order valence-corrected chi connectivity index (χ4v) is 3.43. The maximum atomic E-state index is 14.4. The van der Waals surface area contributed by atoms with Crippen molar-refractivity contribution in [3.63, 3.8) is 0 Å². The molecule has 0 amide bonds. The highest BCUT2D eigenvalue weighted by molar-refractivity contribution is 6.33. The van der Waals surface area contributed by atoms with Crippen molar-refractivity contribution in [3.8, 4) is 22.6 Å². The lowest BCUT2D eigenvalue weighted by Gasteiger charge is -2.11. The molecule has 3 aromatic carbocycles. The van der Waals surface area contributed by atoms with Crippen LogP contribution in [0.15, 0.2) is 72.9 Å². The van der Waals surface area contributed by atoms with Crippen molar-refractivity contribution < 1.29 is 9.13 Å². The number of nitrogen functional groups attached to an aromatic ring is 1. The van der Waals surface area contributed by atoms with E-state index < -0.39 is 5.82 Å². The maximum Gasteiger partial charge on any atom is 0.152 e. The Morgan fingerprint density at radius 3 is 2.63 bits per heavy atom. The van der Waals surface area contributed by atoms with Crippen molar-refractivity contribution in [3.05, 3.63) is 83.8 Å². The SMILES string of the molecule is CCOc1cccc(F)c1-n1ccc(Nc2ccc(-c3ccc(N)cc3)c(Cl)c2)n1. The predicted molar refractivity (Wildman–Crippen MR) is 119 cm³/mol. The Labute approximate surface area is 178 Å². The molecule has 4 aromatic rings. The number of rotatable bonds is 6. The minimum absolute atomic E-state index is 0.268. The number of benzene rings is 3. The molecule has 1 aromatic heterocycles. The van der Waals surface area contributed by atoms with Gasteiger partial charge < -0.3 is 15.8 Å². The Kier molecular flexibility index (Phi) is 5.59. The molecule has 152 valence electrons. The van der Waals surface area contributed by atoms with Crippen molar-refractivity contribution >= 4 is 28.8 Å². The second-order valence-electron chi connectivity index (χ2n) is 6.61. The second-order valence-corrected chi connectivity index (χ2v) is 7.01. The predicted octanol–water partition coefficient (Wildman–Crippen LogP) is 6.06. The standard InChI is InChI=1S/C23H20ClFN4O/c1-2-30-21-5-3-4-20(25)23(21)29-13-12-22(28-29)27-17-10-11-18(19(24)14-17)15-6-8-16(26)9-7-15/h3-14H,2,26H2,1H3,(H,27,28). The van der Waals surface area contributed by atoms with Crippen LogP contribution < -0.4 is 15.8 Å². The van der Waals surface area contributed by atoms with Crippen LogP contribution in [0.1, 0.15) is 6.92 Å². The van der Waals surface area contributed by atoms with Crippen LogP contribution in [0.2, 0.25) is 5.02 Å². The average Bonchev–Trinajstić information content (AvgIpc) is 3.17. The number of anilines is 3. The summed E-state index contributed by atoms with van der Waals surface area (Å²) >= 11 is 6.48. The molecule has 0 saturated heterocycles. The van der Waals surface area contributed by atoms with Crippen LogP contribution in [0.4, 0.5) is 21.6 Å². The lowest BCUT2D eigenvalue weighted by Crippen LogP contribution is -2.04. The van der Waals surface area contributed by atoms with Gasteiger partial charge in [-0.1, -0.05) is 35.9 Å². The Morgan fingerprint density at radius 2 is 1.90 bits per heavy atom. The zero-order valence-corrected chi connectivity index (χ0v) is 17.0. The summed E-state index contributed by atoms with van der Waals surface area (Å²) in [6.07, 6.45) is 1.67. The molecule has 4 rings (SSSR count).